The molecule has 0 atom stereocenters. The zero-order valence-electron chi connectivity index (χ0n) is 14.1. The van der Waals surface area contributed by atoms with Crippen molar-refractivity contribution < 1.29 is 8.42 Å². The molecule has 0 unspecified atom stereocenters. The third-order valence-corrected chi connectivity index (χ3v) is 6.25. The average Bonchev–Trinajstić information content (AvgIpc) is 3.06. The van der Waals surface area contributed by atoms with Gasteiger partial charge in [-0.25, -0.2) is 18.1 Å². The van der Waals surface area contributed by atoms with Crippen molar-refractivity contribution in [2.24, 2.45) is 0 Å². The van der Waals surface area contributed by atoms with Gasteiger partial charge in [-0.3, -0.25) is 4.98 Å². The molecule has 0 bridgehead atoms. The minimum absolute atomic E-state index is 0.310. The number of aromatic nitrogens is 2. The maximum atomic E-state index is 12.5. The third kappa shape index (κ3) is 4.31. The van der Waals surface area contributed by atoms with E-state index in [1.54, 1.807) is 19.2 Å². The molecule has 2 aromatic heterocycles. The number of nitrogens with zero attached hydrogens (tertiary/aromatic N) is 2. The molecule has 0 aliphatic rings. The Hall–Kier alpha value is -2.09. The number of rotatable bonds is 6. The van der Waals surface area contributed by atoms with Gasteiger partial charge < -0.3 is 0 Å². The van der Waals surface area contributed by atoms with Crippen LogP contribution in [0.5, 0.6) is 0 Å². The molecule has 0 saturated heterocycles. The van der Waals surface area contributed by atoms with Crippen LogP contribution in [0.3, 0.4) is 0 Å². The Morgan fingerprint density at radius 3 is 2.72 bits per heavy atom. The number of sulfonamides is 1. The lowest BCUT2D eigenvalue weighted by Gasteiger charge is -2.09. The van der Waals surface area contributed by atoms with E-state index < -0.39 is 10.0 Å². The van der Waals surface area contributed by atoms with Crippen LogP contribution >= 0.6 is 11.3 Å². The van der Waals surface area contributed by atoms with Crippen LogP contribution in [0.4, 0.5) is 0 Å². The van der Waals surface area contributed by atoms with Crippen LogP contribution in [0.1, 0.15) is 16.1 Å². The van der Waals surface area contributed by atoms with Crippen LogP contribution in [0, 0.1) is 13.8 Å². The molecule has 3 rings (SSSR count). The molecule has 0 aliphatic carbocycles. The van der Waals surface area contributed by atoms with Crippen LogP contribution in [-0.2, 0) is 16.4 Å². The molecule has 7 heteroatoms. The highest BCUT2D eigenvalue weighted by atomic mass is 32.2. The smallest absolute Gasteiger partial charge is 0.240 e. The van der Waals surface area contributed by atoms with E-state index >= 15 is 0 Å². The molecule has 25 heavy (non-hydrogen) atoms. The monoisotopic (exact) mass is 373 g/mol. The fourth-order valence-corrected chi connectivity index (χ4v) is 4.58. The average molecular weight is 374 g/mol. The quantitative estimate of drug-likeness (QED) is 0.719. The third-order valence-electron chi connectivity index (χ3n) is 3.74. The highest BCUT2D eigenvalue weighted by Gasteiger charge is 2.16. The van der Waals surface area contributed by atoms with Crippen molar-refractivity contribution >= 4 is 21.4 Å². The second-order valence-electron chi connectivity index (χ2n) is 5.76. The van der Waals surface area contributed by atoms with E-state index in [9.17, 15) is 8.42 Å². The van der Waals surface area contributed by atoms with Gasteiger partial charge in [-0.1, -0.05) is 18.2 Å². The minimum atomic E-state index is -3.51. The van der Waals surface area contributed by atoms with Gasteiger partial charge in [0, 0.05) is 24.5 Å². The summed E-state index contributed by atoms with van der Waals surface area (Å²) in [6.45, 7) is 3.99. The van der Waals surface area contributed by atoms with Gasteiger partial charge in [-0.05, 0) is 43.2 Å². The van der Waals surface area contributed by atoms with Crippen molar-refractivity contribution in [3.63, 3.8) is 0 Å². The van der Waals surface area contributed by atoms with E-state index in [1.165, 1.54) is 11.3 Å². The fourth-order valence-electron chi connectivity index (χ4n) is 2.42. The van der Waals surface area contributed by atoms with Crippen molar-refractivity contribution in [3.05, 3.63) is 64.1 Å². The number of hydrogen-bond donors (Lipinski definition) is 1. The highest BCUT2D eigenvalue weighted by molar-refractivity contribution is 7.89. The Morgan fingerprint density at radius 2 is 1.96 bits per heavy atom. The lowest BCUT2D eigenvalue weighted by atomic mass is 10.2. The van der Waals surface area contributed by atoms with Crippen LogP contribution in [0.2, 0.25) is 0 Å². The van der Waals surface area contributed by atoms with Crippen molar-refractivity contribution in [2.45, 2.75) is 25.2 Å². The van der Waals surface area contributed by atoms with Crippen molar-refractivity contribution in [1.82, 2.24) is 14.7 Å². The summed E-state index contributed by atoms with van der Waals surface area (Å²) in [6, 6.07) is 11.1. The van der Waals surface area contributed by atoms with E-state index in [0.717, 1.165) is 27.5 Å². The number of nitrogens with one attached hydrogen (secondary N) is 1. The first kappa shape index (κ1) is 17.7. The van der Waals surface area contributed by atoms with Crippen LogP contribution in [0.15, 0.2) is 52.9 Å². The van der Waals surface area contributed by atoms with Crippen molar-refractivity contribution in [1.29, 1.82) is 0 Å². The van der Waals surface area contributed by atoms with Crippen LogP contribution in [0.25, 0.3) is 11.4 Å². The molecule has 3 aromatic rings. The lowest BCUT2D eigenvalue weighted by molar-refractivity contribution is 0.581. The first-order valence-corrected chi connectivity index (χ1v) is 10.2. The molecule has 0 spiro atoms. The Bertz CT molecular complexity index is 967. The Kier molecular flexibility index (Phi) is 5.27. The van der Waals surface area contributed by atoms with Gasteiger partial charge in [-0.2, -0.15) is 0 Å². The summed E-state index contributed by atoms with van der Waals surface area (Å²) in [5, 5.41) is 2.82. The topological polar surface area (TPSA) is 72.0 Å². The van der Waals surface area contributed by atoms with Crippen LogP contribution in [-0.4, -0.2) is 24.9 Å². The number of aryl methyl sites for hydroxylation is 2. The molecule has 0 saturated carbocycles. The number of benzene rings is 1. The molecule has 130 valence electrons. The summed E-state index contributed by atoms with van der Waals surface area (Å²) in [5.74, 6) is 0. The molecule has 0 amide bonds. The molecule has 1 N–H and O–H groups in total. The lowest BCUT2D eigenvalue weighted by Crippen LogP contribution is -2.26. The summed E-state index contributed by atoms with van der Waals surface area (Å²) in [7, 11) is -3.51. The summed E-state index contributed by atoms with van der Waals surface area (Å²) in [4.78, 5) is 9.13. The van der Waals surface area contributed by atoms with E-state index in [0.29, 0.717) is 17.9 Å². The van der Waals surface area contributed by atoms with E-state index in [1.807, 2.05) is 42.6 Å². The predicted octanol–water partition coefficient (Wildman–Crippen LogP) is 3.34. The molecule has 0 fully saturated rings. The first-order chi connectivity index (χ1) is 12.0. The summed E-state index contributed by atoms with van der Waals surface area (Å²) < 4.78 is 27.6. The van der Waals surface area contributed by atoms with Crippen molar-refractivity contribution in [2.75, 3.05) is 6.54 Å². The largest absolute Gasteiger partial charge is 0.255 e. The number of hydrogen-bond acceptors (Lipinski definition) is 5. The van der Waals surface area contributed by atoms with Gasteiger partial charge >= 0.3 is 0 Å². The molecule has 0 aliphatic heterocycles. The van der Waals surface area contributed by atoms with E-state index in [-0.39, 0.29) is 0 Å². The Labute approximate surface area is 151 Å². The maximum Gasteiger partial charge on any atom is 0.240 e. The second-order valence-corrected chi connectivity index (χ2v) is 8.44. The molecule has 5 nitrogen and oxygen atoms in total. The van der Waals surface area contributed by atoms with E-state index in [4.69, 9.17) is 0 Å². The van der Waals surface area contributed by atoms with Gasteiger partial charge in [0.2, 0.25) is 10.0 Å². The standard InChI is InChI=1S/C18H19N3O2S2/c1-13-6-7-14(2)17(11-13)25(22,23)20-10-8-18-21-16(12-24-18)15-5-3-4-9-19-15/h3-7,9,11-12,20H,8,10H2,1-2H3. The Morgan fingerprint density at radius 1 is 1.12 bits per heavy atom. The van der Waals surface area contributed by atoms with Gasteiger partial charge in [0.1, 0.15) is 0 Å². The minimum Gasteiger partial charge on any atom is -0.255 e. The molecule has 0 radical (unpaired) electrons. The van der Waals surface area contributed by atoms with Crippen molar-refractivity contribution in [3.8, 4) is 11.4 Å². The van der Waals surface area contributed by atoms with Gasteiger partial charge in [0.15, 0.2) is 0 Å². The molecular formula is C18H19N3O2S2. The second kappa shape index (κ2) is 7.43. The zero-order valence-corrected chi connectivity index (χ0v) is 15.7. The highest BCUT2D eigenvalue weighted by Crippen LogP contribution is 2.20. The summed E-state index contributed by atoms with van der Waals surface area (Å²) in [6.07, 6.45) is 2.27. The summed E-state index contributed by atoms with van der Waals surface area (Å²) >= 11 is 1.51. The molecule has 2 heterocycles. The number of thiazole rings is 1. The van der Waals surface area contributed by atoms with E-state index in [2.05, 4.69) is 14.7 Å². The Balaban J connectivity index is 1.65. The first-order valence-electron chi connectivity index (χ1n) is 7.88. The molecule has 1 aromatic carbocycles. The van der Waals surface area contributed by atoms with Gasteiger partial charge in [0.25, 0.3) is 0 Å². The maximum absolute atomic E-state index is 12.5. The fraction of sp³-hybridized carbons (Fsp3) is 0.222. The SMILES string of the molecule is Cc1ccc(C)c(S(=O)(=O)NCCc2nc(-c3ccccn3)cs2)c1. The normalized spacial score (nSPS) is 11.6. The van der Waals surface area contributed by atoms with Gasteiger partial charge in [-0.15, -0.1) is 11.3 Å². The van der Waals surface area contributed by atoms with Crippen LogP contribution < -0.4 is 4.72 Å². The molecular weight excluding hydrogens is 354 g/mol. The number of pyridine rings is 1. The zero-order chi connectivity index (χ0) is 17.9. The summed E-state index contributed by atoms with van der Waals surface area (Å²) in [5.41, 5.74) is 3.30. The van der Waals surface area contributed by atoms with Gasteiger partial charge in [0.05, 0.1) is 21.3 Å². The predicted molar refractivity (Wildman–Crippen MR) is 100 cm³/mol.